The summed E-state index contributed by atoms with van der Waals surface area (Å²) in [5.41, 5.74) is 6.37. The molecule has 0 fully saturated rings. The van der Waals surface area contributed by atoms with Gasteiger partial charge in [0.1, 0.15) is 40.7 Å². The molecule has 2 aromatic carbocycles. The van der Waals surface area contributed by atoms with Crippen LogP contribution < -0.4 is 42.9 Å². The Hall–Kier alpha value is -6.69. The number of sulfonamides is 1. The van der Waals surface area contributed by atoms with Crippen molar-refractivity contribution in [3.8, 4) is 5.75 Å². The molecule has 3 atom stereocenters. The Morgan fingerprint density at radius 2 is 1.42 bits per heavy atom. The van der Waals surface area contributed by atoms with Gasteiger partial charge in [0.25, 0.3) is 10.0 Å². The van der Waals surface area contributed by atoms with Gasteiger partial charge in [-0.05, 0) is 124 Å². The van der Waals surface area contributed by atoms with Gasteiger partial charge >= 0.3 is 24.1 Å². The molecule has 0 aromatic heterocycles. The zero-order valence-corrected chi connectivity index (χ0v) is 43.3. The number of hydrazine groups is 1. The largest absolute Gasteiger partial charge is 0.487 e. The van der Waals surface area contributed by atoms with Crippen molar-refractivity contribution in [1.82, 2.24) is 35.9 Å². The van der Waals surface area contributed by atoms with Gasteiger partial charge in [0.2, 0.25) is 23.7 Å². The number of guanidine groups is 1. The Morgan fingerprint density at radius 1 is 0.831 bits per heavy atom. The number of carboxylic acids is 1. The maximum absolute atomic E-state index is 14.5. The SMILES string of the molecule is Cc1c(C)c(S(=O)(=O)N(CCC[C@H](NC(=O)[C@H](CCCNC(=O)OC(C)(C)C)NC(=O)N(N)Cc2ccccc2)C(=O)NCC(=O)N[C@@H](CC(=O)OC(C)(C)C)C(=O)O)C(=N)N)c(C)c2c1OC(C)(C)C2. The van der Waals surface area contributed by atoms with E-state index in [1.807, 2.05) is 13.8 Å². The van der Waals surface area contributed by atoms with Gasteiger partial charge in [-0.3, -0.25) is 29.6 Å². The molecular weight excluding hydrogens is 945 g/mol. The van der Waals surface area contributed by atoms with Gasteiger partial charge in [-0.15, -0.1) is 0 Å². The normalized spacial score (nSPS) is 14.3. The van der Waals surface area contributed by atoms with Gasteiger partial charge in [0, 0.05) is 25.1 Å². The van der Waals surface area contributed by atoms with Gasteiger partial charge in [-0.1, -0.05) is 30.3 Å². The summed E-state index contributed by atoms with van der Waals surface area (Å²) in [5, 5.41) is 31.1. The number of benzene rings is 2. The summed E-state index contributed by atoms with van der Waals surface area (Å²) in [5.74, 6) is 0.453. The summed E-state index contributed by atoms with van der Waals surface area (Å²) in [6.07, 6.45) is -1.61. The Balaban J connectivity index is 1.93. The van der Waals surface area contributed by atoms with Gasteiger partial charge in [0.05, 0.1) is 24.4 Å². The summed E-state index contributed by atoms with van der Waals surface area (Å²) in [7, 11) is -4.53. The summed E-state index contributed by atoms with van der Waals surface area (Å²) < 4.78 is 46.2. The lowest BCUT2D eigenvalue weighted by Crippen LogP contribution is -2.57. The third-order valence-corrected chi connectivity index (χ3v) is 12.9. The second-order valence-electron chi connectivity index (χ2n) is 19.9. The number of nitrogens with one attached hydrogen (secondary N) is 6. The minimum absolute atomic E-state index is 0.00194. The molecule has 0 bridgehead atoms. The monoisotopic (exact) mass is 1020 g/mol. The van der Waals surface area contributed by atoms with E-state index in [0.29, 0.717) is 44.3 Å². The first-order valence-corrected chi connectivity index (χ1v) is 24.5. The standard InChI is InChI=1S/C47H72N10O13S/c1-27-28(2)38(29(3)31-24-47(10,11)69-37(27)31)71(66,67)57(42(48)49)22-16-20-32(39(60)52-25-35(58)53-34(41(62)63)23-36(59)68-45(4,5)6)54-40(61)33(19-15-21-51-44(65)70-46(7,8)9)55-43(64)56(50)26-30-17-13-12-14-18-30/h12-14,17-18,32-34H,15-16,19-26,50H2,1-11H3,(H3,48,49)(H,51,65)(H,52,60)(H,53,58)(H,54,61)(H,55,64)(H,62,63)/t32-,33-,34-/m0/s1. The quantitative estimate of drug-likeness (QED) is 0.0156. The lowest BCUT2D eigenvalue weighted by molar-refractivity contribution is -0.158. The molecule has 1 heterocycles. The van der Waals surface area contributed by atoms with Crippen LogP contribution in [0.25, 0.3) is 0 Å². The Morgan fingerprint density at radius 3 is 2.00 bits per heavy atom. The number of carboxylic acid groups (broad SMARTS) is 1. The average molecular weight is 1020 g/mol. The number of amides is 6. The van der Waals surface area contributed by atoms with E-state index in [4.69, 9.17) is 31.2 Å². The van der Waals surface area contributed by atoms with Crippen LogP contribution >= 0.6 is 0 Å². The second-order valence-corrected chi connectivity index (χ2v) is 21.7. The van der Waals surface area contributed by atoms with Crippen LogP contribution in [-0.4, -0.2) is 125 Å². The van der Waals surface area contributed by atoms with E-state index in [-0.39, 0.29) is 43.7 Å². The van der Waals surface area contributed by atoms with Crippen molar-refractivity contribution in [3.63, 3.8) is 0 Å². The fourth-order valence-corrected chi connectivity index (χ4v) is 9.44. The fraction of sp³-hybridized carbons (Fsp3) is 0.574. The summed E-state index contributed by atoms with van der Waals surface area (Å²) in [6.45, 7) is 17.2. The number of hydrogen-bond donors (Lipinski definition) is 9. The van der Waals surface area contributed by atoms with Crippen molar-refractivity contribution in [2.45, 2.75) is 161 Å². The Kier molecular flexibility index (Phi) is 20.2. The van der Waals surface area contributed by atoms with Crippen molar-refractivity contribution in [3.05, 3.63) is 58.1 Å². The number of carbonyl (C=O) groups excluding carboxylic acids is 6. The highest BCUT2D eigenvalue weighted by Crippen LogP contribution is 2.44. The van der Waals surface area contributed by atoms with Crippen LogP contribution in [0.4, 0.5) is 9.59 Å². The molecule has 0 radical (unpaired) electrons. The predicted molar refractivity (Wildman–Crippen MR) is 261 cm³/mol. The Bertz CT molecular complexity index is 2420. The van der Waals surface area contributed by atoms with Crippen LogP contribution in [0.5, 0.6) is 5.75 Å². The molecule has 11 N–H and O–H groups in total. The molecule has 0 saturated heterocycles. The first-order valence-electron chi connectivity index (χ1n) is 23.1. The van der Waals surface area contributed by atoms with Crippen LogP contribution in [-0.2, 0) is 56.4 Å². The number of fused-ring (bicyclic) bond motifs is 1. The van der Waals surface area contributed by atoms with Gasteiger partial charge in [-0.25, -0.2) is 32.9 Å². The van der Waals surface area contributed by atoms with E-state index < -0.39 is 112 Å². The molecule has 0 aliphatic carbocycles. The topological polar surface area (TPSA) is 344 Å². The number of esters is 1. The highest BCUT2D eigenvalue weighted by molar-refractivity contribution is 7.89. The molecule has 1 aliphatic heterocycles. The number of carbonyl (C=O) groups is 7. The van der Waals surface area contributed by atoms with E-state index >= 15 is 0 Å². The maximum atomic E-state index is 14.5. The number of rotatable bonds is 22. The third-order valence-electron chi connectivity index (χ3n) is 10.9. The number of hydrogen-bond acceptors (Lipinski definition) is 14. The predicted octanol–water partition coefficient (Wildman–Crippen LogP) is 2.65. The lowest BCUT2D eigenvalue weighted by atomic mass is 9.94. The van der Waals surface area contributed by atoms with E-state index in [1.54, 1.807) is 92.6 Å². The Labute approximate surface area is 415 Å². The van der Waals surface area contributed by atoms with Crippen molar-refractivity contribution in [1.29, 1.82) is 5.41 Å². The zero-order chi connectivity index (χ0) is 53.8. The van der Waals surface area contributed by atoms with Crippen molar-refractivity contribution >= 4 is 57.8 Å². The number of nitrogens with two attached hydrogens (primary N) is 2. The molecule has 2 aromatic rings. The maximum Gasteiger partial charge on any atom is 0.407 e. The van der Waals surface area contributed by atoms with Crippen LogP contribution in [0.1, 0.15) is 115 Å². The summed E-state index contributed by atoms with van der Waals surface area (Å²) >= 11 is 0. The average Bonchev–Trinajstić information content (AvgIpc) is 3.58. The van der Waals surface area contributed by atoms with Crippen molar-refractivity contribution < 1.29 is 61.3 Å². The number of nitrogens with zero attached hydrogens (tertiary/aromatic N) is 2. The van der Waals surface area contributed by atoms with Crippen molar-refractivity contribution in [2.75, 3.05) is 19.6 Å². The number of urea groups is 1. The lowest BCUT2D eigenvalue weighted by Gasteiger charge is -2.27. The highest BCUT2D eigenvalue weighted by atomic mass is 32.2. The fourth-order valence-electron chi connectivity index (χ4n) is 7.54. The zero-order valence-electron chi connectivity index (χ0n) is 42.5. The highest BCUT2D eigenvalue weighted by Gasteiger charge is 2.39. The number of alkyl carbamates (subject to hydrolysis) is 1. The molecule has 6 amide bonds. The minimum atomic E-state index is -4.53. The molecule has 23 nitrogen and oxygen atoms in total. The van der Waals surface area contributed by atoms with Gasteiger partial charge < -0.3 is 51.6 Å². The number of ether oxygens (including phenoxy) is 3. The molecule has 3 rings (SSSR count). The van der Waals surface area contributed by atoms with Gasteiger partial charge in [0.15, 0.2) is 0 Å². The van der Waals surface area contributed by atoms with E-state index in [2.05, 4.69) is 26.6 Å². The smallest absolute Gasteiger partial charge is 0.407 e. The molecular formula is C47H72N10O13S. The molecule has 394 valence electrons. The van der Waals surface area contributed by atoms with Crippen LogP contribution in [0, 0.1) is 26.2 Å². The molecule has 0 saturated carbocycles. The van der Waals surface area contributed by atoms with Crippen molar-refractivity contribution in [2.24, 2.45) is 11.6 Å². The van der Waals surface area contributed by atoms with E-state index in [0.717, 1.165) is 5.01 Å². The van der Waals surface area contributed by atoms with Crippen LogP contribution in [0.3, 0.4) is 0 Å². The van der Waals surface area contributed by atoms with Gasteiger partial charge in [-0.2, -0.15) is 0 Å². The molecule has 0 unspecified atom stereocenters. The molecule has 0 spiro atoms. The summed E-state index contributed by atoms with van der Waals surface area (Å²) in [6, 6.07) is 3.16. The first kappa shape index (κ1) is 58.6. The third kappa shape index (κ3) is 17.9. The van der Waals surface area contributed by atoms with E-state index in [1.165, 1.54) is 0 Å². The minimum Gasteiger partial charge on any atom is -0.487 e. The second kappa shape index (κ2) is 24.4. The van der Waals surface area contributed by atoms with Crippen LogP contribution in [0.2, 0.25) is 0 Å². The molecule has 71 heavy (non-hydrogen) atoms. The molecule has 1 aliphatic rings. The molecule has 24 heteroatoms. The first-order chi connectivity index (χ1) is 32.7. The van der Waals surface area contributed by atoms with Crippen LogP contribution in [0.15, 0.2) is 35.2 Å². The van der Waals surface area contributed by atoms with E-state index in [9.17, 15) is 47.1 Å². The number of aliphatic carboxylic acids is 1. The summed E-state index contributed by atoms with van der Waals surface area (Å²) in [4.78, 5) is 91.3.